The minimum Gasteiger partial charge on any atom is -0.481 e. The molecule has 4 heteroatoms. The van der Waals surface area contributed by atoms with Gasteiger partial charge < -0.3 is 10.4 Å². The van der Waals surface area contributed by atoms with Gasteiger partial charge in [0.2, 0.25) is 0 Å². The van der Waals surface area contributed by atoms with Crippen LogP contribution in [0.1, 0.15) is 17.9 Å². The number of carbonyl (C=O) groups is 1. The Morgan fingerprint density at radius 1 is 1.38 bits per heavy atom. The maximum absolute atomic E-state index is 11.2. The molecule has 0 aromatic heterocycles. The molecule has 0 aliphatic carbocycles. The minimum absolute atomic E-state index is 0.131. The fourth-order valence-electron chi connectivity index (χ4n) is 2.23. The van der Waals surface area contributed by atoms with E-state index < -0.39 is 5.97 Å². The van der Waals surface area contributed by atoms with Crippen molar-refractivity contribution < 1.29 is 9.90 Å². The second kappa shape index (κ2) is 4.97. The van der Waals surface area contributed by atoms with Crippen molar-refractivity contribution in [3.63, 3.8) is 0 Å². The number of halogens is 1. The van der Waals surface area contributed by atoms with Crippen LogP contribution in [0, 0.1) is 5.92 Å². The SMILES string of the molecule is O=C(O)C1CNCCC1c1ccc(Br)cc1. The number of aliphatic carboxylic acids is 1. The van der Waals surface area contributed by atoms with Gasteiger partial charge in [-0.1, -0.05) is 28.1 Å². The Bertz CT molecular complexity index is 377. The molecular formula is C12H14BrNO2. The van der Waals surface area contributed by atoms with E-state index >= 15 is 0 Å². The zero-order valence-corrected chi connectivity index (χ0v) is 10.4. The highest BCUT2D eigenvalue weighted by molar-refractivity contribution is 9.10. The number of hydrogen-bond donors (Lipinski definition) is 2. The normalized spacial score (nSPS) is 25.3. The van der Waals surface area contributed by atoms with Crippen molar-refractivity contribution >= 4 is 21.9 Å². The Labute approximate surface area is 103 Å². The van der Waals surface area contributed by atoms with E-state index in [1.807, 2.05) is 24.3 Å². The standard InChI is InChI=1S/C12H14BrNO2/c13-9-3-1-8(2-4-9)10-5-6-14-7-11(10)12(15)16/h1-4,10-11,14H,5-7H2,(H,15,16). The van der Waals surface area contributed by atoms with Crippen LogP contribution < -0.4 is 5.32 Å². The Balaban J connectivity index is 2.23. The fraction of sp³-hybridized carbons (Fsp3) is 0.417. The van der Waals surface area contributed by atoms with Gasteiger partial charge in [-0.05, 0) is 36.6 Å². The average molecular weight is 284 g/mol. The monoisotopic (exact) mass is 283 g/mol. The van der Waals surface area contributed by atoms with Gasteiger partial charge in [-0.3, -0.25) is 4.79 Å². The largest absolute Gasteiger partial charge is 0.481 e. The first-order valence-electron chi connectivity index (χ1n) is 5.37. The van der Waals surface area contributed by atoms with Crippen molar-refractivity contribution in [2.24, 2.45) is 5.92 Å². The molecule has 2 unspecified atom stereocenters. The molecule has 1 fully saturated rings. The smallest absolute Gasteiger partial charge is 0.308 e. The van der Waals surface area contributed by atoms with Crippen LogP contribution in [-0.4, -0.2) is 24.2 Å². The van der Waals surface area contributed by atoms with Gasteiger partial charge in [-0.15, -0.1) is 0 Å². The van der Waals surface area contributed by atoms with E-state index in [1.54, 1.807) is 0 Å². The molecule has 0 spiro atoms. The van der Waals surface area contributed by atoms with E-state index in [0.29, 0.717) is 6.54 Å². The first kappa shape index (κ1) is 11.6. The van der Waals surface area contributed by atoms with Crippen LogP contribution in [0.5, 0.6) is 0 Å². The van der Waals surface area contributed by atoms with E-state index in [9.17, 15) is 9.90 Å². The van der Waals surface area contributed by atoms with Crippen molar-refractivity contribution in [3.8, 4) is 0 Å². The Hall–Kier alpha value is -0.870. The van der Waals surface area contributed by atoms with Gasteiger partial charge in [-0.25, -0.2) is 0 Å². The highest BCUT2D eigenvalue weighted by Crippen LogP contribution is 2.31. The third kappa shape index (κ3) is 2.44. The van der Waals surface area contributed by atoms with Gasteiger partial charge in [0.15, 0.2) is 0 Å². The minimum atomic E-state index is -0.708. The van der Waals surface area contributed by atoms with Gasteiger partial charge in [0.25, 0.3) is 0 Å². The lowest BCUT2D eigenvalue weighted by Crippen LogP contribution is -2.39. The quantitative estimate of drug-likeness (QED) is 0.875. The van der Waals surface area contributed by atoms with Gasteiger partial charge in [0.1, 0.15) is 0 Å². The molecule has 1 heterocycles. The van der Waals surface area contributed by atoms with Crippen molar-refractivity contribution in [1.29, 1.82) is 0 Å². The summed E-state index contributed by atoms with van der Waals surface area (Å²) in [6.45, 7) is 1.46. The number of carboxylic acid groups (broad SMARTS) is 1. The van der Waals surface area contributed by atoms with Crippen LogP contribution in [0.4, 0.5) is 0 Å². The van der Waals surface area contributed by atoms with Crippen molar-refractivity contribution in [2.45, 2.75) is 12.3 Å². The summed E-state index contributed by atoms with van der Waals surface area (Å²) in [4.78, 5) is 11.2. The van der Waals surface area contributed by atoms with Crippen LogP contribution in [0.25, 0.3) is 0 Å². The predicted octanol–water partition coefficient (Wildman–Crippen LogP) is 2.23. The Kier molecular flexibility index (Phi) is 3.61. The molecule has 1 saturated heterocycles. The van der Waals surface area contributed by atoms with Crippen LogP contribution in [-0.2, 0) is 4.79 Å². The molecule has 1 aliphatic heterocycles. The van der Waals surface area contributed by atoms with Gasteiger partial charge in [0.05, 0.1) is 5.92 Å². The topological polar surface area (TPSA) is 49.3 Å². The molecular weight excluding hydrogens is 270 g/mol. The molecule has 86 valence electrons. The first-order valence-corrected chi connectivity index (χ1v) is 6.17. The second-order valence-electron chi connectivity index (χ2n) is 4.10. The Morgan fingerprint density at radius 2 is 2.06 bits per heavy atom. The zero-order valence-electron chi connectivity index (χ0n) is 8.82. The summed E-state index contributed by atoms with van der Waals surface area (Å²) >= 11 is 3.38. The average Bonchev–Trinajstić information content (AvgIpc) is 2.30. The zero-order chi connectivity index (χ0) is 11.5. The maximum atomic E-state index is 11.2. The molecule has 1 aromatic rings. The van der Waals surface area contributed by atoms with Gasteiger partial charge in [0, 0.05) is 11.0 Å². The fourth-order valence-corrected chi connectivity index (χ4v) is 2.49. The van der Waals surface area contributed by atoms with E-state index in [-0.39, 0.29) is 11.8 Å². The number of rotatable bonds is 2. The molecule has 0 amide bonds. The van der Waals surface area contributed by atoms with E-state index in [2.05, 4.69) is 21.2 Å². The molecule has 0 radical (unpaired) electrons. The molecule has 16 heavy (non-hydrogen) atoms. The summed E-state index contributed by atoms with van der Waals surface area (Å²) in [6, 6.07) is 7.96. The van der Waals surface area contributed by atoms with Crippen LogP contribution >= 0.6 is 15.9 Å². The van der Waals surface area contributed by atoms with E-state index in [4.69, 9.17) is 0 Å². The third-order valence-corrected chi connectivity index (χ3v) is 3.63. The molecule has 2 atom stereocenters. The molecule has 2 rings (SSSR count). The van der Waals surface area contributed by atoms with Crippen molar-refractivity contribution in [1.82, 2.24) is 5.32 Å². The highest BCUT2D eigenvalue weighted by Gasteiger charge is 2.31. The van der Waals surface area contributed by atoms with Crippen LogP contribution in [0.15, 0.2) is 28.7 Å². The molecule has 0 bridgehead atoms. The van der Waals surface area contributed by atoms with Gasteiger partial charge >= 0.3 is 5.97 Å². The highest BCUT2D eigenvalue weighted by atomic mass is 79.9. The summed E-state index contributed by atoms with van der Waals surface area (Å²) in [5, 5.41) is 12.3. The second-order valence-corrected chi connectivity index (χ2v) is 5.01. The summed E-state index contributed by atoms with van der Waals surface area (Å²) in [5.41, 5.74) is 1.12. The number of hydrogen-bond acceptors (Lipinski definition) is 2. The lowest BCUT2D eigenvalue weighted by molar-refractivity contribution is -0.142. The number of carboxylic acids is 1. The maximum Gasteiger partial charge on any atom is 0.308 e. The van der Waals surface area contributed by atoms with Crippen molar-refractivity contribution in [3.05, 3.63) is 34.3 Å². The lowest BCUT2D eigenvalue weighted by Gasteiger charge is -2.29. The summed E-state index contributed by atoms with van der Waals surface area (Å²) in [5.74, 6) is -0.887. The molecule has 2 N–H and O–H groups in total. The number of piperidine rings is 1. The number of benzene rings is 1. The van der Waals surface area contributed by atoms with Crippen LogP contribution in [0.2, 0.25) is 0 Å². The lowest BCUT2D eigenvalue weighted by atomic mass is 9.81. The van der Waals surface area contributed by atoms with E-state index in [1.165, 1.54) is 0 Å². The molecule has 1 aliphatic rings. The summed E-state index contributed by atoms with van der Waals surface area (Å²) < 4.78 is 1.03. The van der Waals surface area contributed by atoms with Gasteiger partial charge in [-0.2, -0.15) is 0 Å². The van der Waals surface area contributed by atoms with Crippen molar-refractivity contribution in [2.75, 3.05) is 13.1 Å². The molecule has 0 saturated carbocycles. The number of nitrogens with one attached hydrogen (secondary N) is 1. The van der Waals surface area contributed by atoms with Crippen LogP contribution in [0.3, 0.4) is 0 Å². The molecule has 3 nitrogen and oxygen atoms in total. The molecule has 1 aromatic carbocycles. The summed E-state index contributed by atoms with van der Waals surface area (Å²) in [6.07, 6.45) is 0.887. The summed E-state index contributed by atoms with van der Waals surface area (Å²) in [7, 11) is 0. The first-order chi connectivity index (χ1) is 7.68. The Morgan fingerprint density at radius 3 is 2.69 bits per heavy atom. The predicted molar refractivity (Wildman–Crippen MR) is 65.5 cm³/mol. The van der Waals surface area contributed by atoms with E-state index in [0.717, 1.165) is 23.0 Å². The third-order valence-electron chi connectivity index (χ3n) is 3.10.